The van der Waals surface area contributed by atoms with Gasteiger partial charge in [0.1, 0.15) is 11.3 Å². The van der Waals surface area contributed by atoms with Crippen molar-refractivity contribution in [3.63, 3.8) is 0 Å². The highest BCUT2D eigenvalue weighted by Gasteiger charge is 2.19. The molecule has 1 aliphatic rings. The highest BCUT2D eigenvalue weighted by molar-refractivity contribution is 5.91. The van der Waals surface area contributed by atoms with E-state index < -0.39 is 0 Å². The summed E-state index contributed by atoms with van der Waals surface area (Å²) in [5.41, 5.74) is 2.77. The Morgan fingerprint density at radius 1 is 1.10 bits per heavy atom. The minimum absolute atomic E-state index is 0.00651. The van der Waals surface area contributed by atoms with Crippen LogP contribution in [0.2, 0.25) is 0 Å². The van der Waals surface area contributed by atoms with Gasteiger partial charge in [-0.1, -0.05) is 24.3 Å². The van der Waals surface area contributed by atoms with Crippen LogP contribution < -0.4 is 4.74 Å². The molecule has 0 N–H and O–H groups in total. The van der Waals surface area contributed by atoms with Crippen molar-refractivity contribution in [1.29, 1.82) is 0 Å². The molecule has 0 bridgehead atoms. The maximum Gasteiger partial charge on any atom is 0.246 e. The normalized spacial score (nSPS) is 15.3. The first-order valence-electron chi connectivity index (χ1n) is 9.98. The van der Waals surface area contributed by atoms with Gasteiger partial charge in [0.15, 0.2) is 5.58 Å². The number of nitrogens with zero attached hydrogens (tertiary/aromatic N) is 3. The molecule has 1 amide bonds. The topological polar surface area (TPSA) is 58.8 Å². The zero-order valence-corrected chi connectivity index (χ0v) is 16.6. The van der Waals surface area contributed by atoms with E-state index in [1.807, 2.05) is 48.2 Å². The third kappa shape index (κ3) is 4.84. The number of amides is 1. The summed E-state index contributed by atoms with van der Waals surface area (Å²) in [6.07, 6.45) is 3.20. The van der Waals surface area contributed by atoms with Gasteiger partial charge in [0.05, 0.1) is 6.61 Å². The first-order chi connectivity index (χ1) is 14.2. The number of benzene rings is 2. The molecule has 6 heteroatoms. The van der Waals surface area contributed by atoms with Crippen molar-refractivity contribution in [2.24, 2.45) is 0 Å². The van der Waals surface area contributed by atoms with E-state index in [0.29, 0.717) is 25.6 Å². The van der Waals surface area contributed by atoms with Gasteiger partial charge in [-0.3, -0.25) is 9.69 Å². The summed E-state index contributed by atoms with van der Waals surface area (Å²) in [6, 6.07) is 15.8. The fraction of sp³-hybridized carbons (Fsp3) is 0.304. The Morgan fingerprint density at radius 2 is 1.86 bits per heavy atom. The van der Waals surface area contributed by atoms with Crippen molar-refractivity contribution < 1.29 is 13.9 Å². The van der Waals surface area contributed by atoms with E-state index >= 15 is 0 Å². The van der Waals surface area contributed by atoms with Gasteiger partial charge in [0, 0.05) is 44.9 Å². The fourth-order valence-electron chi connectivity index (χ4n) is 3.45. The molecule has 1 fully saturated rings. The maximum atomic E-state index is 12.5. The third-order valence-corrected chi connectivity index (χ3v) is 5.00. The maximum absolute atomic E-state index is 12.5. The molecule has 0 unspecified atom stereocenters. The van der Waals surface area contributed by atoms with Gasteiger partial charge in [-0.05, 0) is 36.8 Å². The van der Waals surface area contributed by atoms with Crippen LogP contribution in [0.3, 0.4) is 0 Å². The van der Waals surface area contributed by atoms with E-state index in [1.165, 1.54) is 5.56 Å². The molecule has 0 aliphatic carbocycles. The van der Waals surface area contributed by atoms with Crippen LogP contribution in [0, 0.1) is 0 Å². The summed E-state index contributed by atoms with van der Waals surface area (Å²) in [5, 5.41) is 0. The monoisotopic (exact) mass is 391 g/mol. The lowest BCUT2D eigenvalue weighted by Gasteiger charge is -2.34. The molecular weight excluding hydrogens is 366 g/mol. The van der Waals surface area contributed by atoms with Crippen LogP contribution in [0.4, 0.5) is 0 Å². The Kier molecular flexibility index (Phi) is 5.91. The fourth-order valence-corrected chi connectivity index (χ4v) is 3.45. The van der Waals surface area contributed by atoms with Gasteiger partial charge < -0.3 is 14.1 Å². The second-order valence-electron chi connectivity index (χ2n) is 7.03. The Bertz CT molecular complexity index is 953. The minimum Gasteiger partial charge on any atom is -0.494 e. The molecule has 29 heavy (non-hydrogen) atoms. The SMILES string of the molecule is CCOc1ccc(CN2CCN(C(=O)/C=C/c3nc4ccccc4o3)CC2)cc1. The number of rotatable bonds is 6. The van der Waals surface area contributed by atoms with Crippen LogP contribution in [-0.4, -0.2) is 53.5 Å². The van der Waals surface area contributed by atoms with Crippen LogP contribution in [0.25, 0.3) is 17.2 Å². The number of hydrogen-bond acceptors (Lipinski definition) is 5. The zero-order chi connectivity index (χ0) is 20.1. The molecule has 0 saturated carbocycles. The van der Waals surface area contributed by atoms with Crippen LogP contribution in [0.15, 0.2) is 59.0 Å². The Balaban J connectivity index is 1.27. The van der Waals surface area contributed by atoms with Crippen molar-refractivity contribution in [1.82, 2.24) is 14.8 Å². The summed E-state index contributed by atoms with van der Waals surface area (Å²) in [6.45, 7) is 6.69. The lowest BCUT2D eigenvalue weighted by Crippen LogP contribution is -2.47. The summed E-state index contributed by atoms with van der Waals surface area (Å²) in [5.74, 6) is 1.35. The number of aromatic nitrogens is 1. The number of fused-ring (bicyclic) bond motifs is 1. The van der Waals surface area contributed by atoms with E-state index in [9.17, 15) is 4.79 Å². The Labute approximate surface area is 170 Å². The minimum atomic E-state index is -0.00651. The van der Waals surface area contributed by atoms with Gasteiger partial charge in [-0.2, -0.15) is 0 Å². The number of carbonyl (C=O) groups is 1. The molecule has 0 atom stereocenters. The Hall–Kier alpha value is -3.12. The number of piperazine rings is 1. The average Bonchev–Trinajstić information content (AvgIpc) is 3.17. The quantitative estimate of drug-likeness (QED) is 0.601. The molecule has 3 aromatic rings. The highest BCUT2D eigenvalue weighted by atomic mass is 16.5. The largest absolute Gasteiger partial charge is 0.494 e. The average molecular weight is 391 g/mol. The van der Waals surface area contributed by atoms with Crippen LogP contribution in [-0.2, 0) is 11.3 Å². The van der Waals surface area contributed by atoms with Crippen molar-refractivity contribution in [2.45, 2.75) is 13.5 Å². The molecule has 0 radical (unpaired) electrons. The lowest BCUT2D eigenvalue weighted by atomic mass is 10.2. The number of para-hydroxylation sites is 2. The predicted octanol–water partition coefficient (Wildman–Crippen LogP) is 3.58. The van der Waals surface area contributed by atoms with Gasteiger partial charge in [0.25, 0.3) is 0 Å². The molecule has 0 spiro atoms. The molecule has 2 heterocycles. The van der Waals surface area contributed by atoms with Gasteiger partial charge >= 0.3 is 0 Å². The molecule has 4 rings (SSSR count). The first-order valence-corrected chi connectivity index (χ1v) is 9.98. The smallest absolute Gasteiger partial charge is 0.246 e. The van der Waals surface area contributed by atoms with E-state index in [4.69, 9.17) is 9.15 Å². The van der Waals surface area contributed by atoms with Crippen molar-refractivity contribution >= 4 is 23.1 Å². The third-order valence-electron chi connectivity index (χ3n) is 5.00. The summed E-state index contributed by atoms with van der Waals surface area (Å²) < 4.78 is 11.1. The molecule has 1 aliphatic heterocycles. The van der Waals surface area contributed by atoms with Crippen molar-refractivity contribution in [2.75, 3.05) is 32.8 Å². The standard InChI is InChI=1S/C23H25N3O3/c1-2-28-19-9-7-18(8-10-19)17-25-13-15-26(16-14-25)23(27)12-11-22-24-20-5-3-4-6-21(20)29-22/h3-12H,2,13-17H2,1H3/b12-11+. The van der Waals surface area contributed by atoms with Crippen LogP contribution in [0.1, 0.15) is 18.4 Å². The summed E-state index contributed by atoms with van der Waals surface area (Å²) >= 11 is 0. The second-order valence-corrected chi connectivity index (χ2v) is 7.03. The van der Waals surface area contributed by atoms with Gasteiger partial charge in [0.2, 0.25) is 11.8 Å². The summed E-state index contributed by atoms with van der Waals surface area (Å²) in [4.78, 5) is 21.1. The van der Waals surface area contributed by atoms with Crippen molar-refractivity contribution in [3.05, 3.63) is 66.1 Å². The summed E-state index contributed by atoms with van der Waals surface area (Å²) in [7, 11) is 0. The number of hydrogen-bond donors (Lipinski definition) is 0. The molecule has 6 nitrogen and oxygen atoms in total. The van der Waals surface area contributed by atoms with E-state index in [0.717, 1.165) is 36.5 Å². The van der Waals surface area contributed by atoms with Crippen molar-refractivity contribution in [3.8, 4) is 5.75 Å². The number of oxazole rings is 1. The Morgan fingerprint density at radius 3 is 2.59 bits per heavy atom. The lowest BCUT2D eigenvalue weighted by molar-refractivity contribution is -0.127. The van der Waals surface area contributed by atoms with Crippen LogP contribution >= 0.6 is 0 Å². The first kappa shape index (κ1) is 19.2. The van der Waals surface area contributed by atoms with E-state index in [1.54, 1.807) is 12.2 Å². The number of carbonyl (C=O) groups excluding carboxylic acids is 1. The molecule has 1 saturated heterocycles. The molecular formula is C23H25N3O3. The molecule has 1 aromatic heterocycles. The predicted molar refractivity (Wildman–Crippen MR) is 113 cm³/mol. The molecule has 2 aromatic carbocycles. The zero-order valence-electron chi connectivity index (χ0n) is 16.6. The van der Waals surface area contributed by atoms with Crippen LogP contribution in [0.5, 0.6) is 5.75 Å². The van der Waals surface area contributed by atoms with E-state index in [-0.39, 0.29) is 5.91 Å². The van der Waals surface area contributed by atoms with E-state index in [2.05, 4.69) is 22.0 Å². The highest BCUT2D eigenvalue weighted by Crippen LogP contribution is 2.17. The number of ether oxygens (including phenoxy) is 1. The van der Waals surface area contributed by atoms with Gasteiger partial charge in [-0.25, -0.2) is 4.98 Å². The van der Waals surface area contributed by atoms with Gasteiger partial charge in [-0.15, -0.1) is 0 Å². The second kappa shape index (κ2) is 8.92. The molecule has 150 valence electrons.